The molecule has 1 aliphatic rings. The molecule has 2 unspecified atom stereocenters. The molecule has 29 heavy (non-hydrogen) atoms. The van der Waals surface area contributed by atoms with E-state index in [1.54, 1.807) is 7.05 Å². The Morgan fingerprint density at radius 1 is 1.38 bits per heavy atom. The van der Waals surface area contributed by atoms with E-state index in [1.807, 2.05) is 4.72 Å². The number of sulfonamides is 1. The third-order valence-corrected chi connectivity index (χ3v) is 6.98. The third kappa shape index (κ3) is 5.30. The van der Waals surface area contributed by atoms with Gasteiger partial charge < -0.3 is 10.6 Å². The van der Waals surface area contributed by atoms with Gasteiger partial charge >= 0.3 is 0 Å². The summed E-state index contributed by atoms with van der Waals surface area (Å²) in [5.74, 6) is -4.42. The van der Waals surface area contributed by atoms with E-state index >= 15 is 0 Å². The molecule has 0 radical (unpaired) electrons. The third-order valence-electron chi connectivity index (χ3n) is 4.48. The fraction of sp³-hybridized carbons (Fsp3) is 0.438. The molecule has 3 N–H and O–H groups in total. The standard InChI is InChI=1S/C16H17ClF4N4O2S2/c1-22-9(2-8-5-16(8,20)21)6-23-12-4-11(18)13(3-10(12)17)29(26,27)25-15-24-7-14(19)28-15/h3-4,7-9,22-23H,2,5-6H2,1H3,(H,24,25). The number of alkyl halides is 2. The predicted molar refractivity (Wildman–Crippen MR) is 103 cm³/mol. The van der Waals surface area contributed by atoms with Crippen molar-refractivity contribution in [3.63, 3.8) is 0 Å². The van der Waals surface area contributed by atoms with Crippen molar-refractivity contribution in [2.75, 3.05) is 23.6 Å². The first-order valence-electron chi connectivity index (χ1n) is 8.44. The Morgan fingerprint density at radius 2 is 2.07 bits per heavy atom. The Bertz CT molecular complexity index is 1000. The second-order valence-corrected chi connectivity index (χ2v) is 9.64. The fourth-order valence-electron chi connectivity index (χ4n) is 2.75. The summed E-state index contributed by atoms with van der Waals surface area (Å²) in [6, 6.07) is 1.50. The minimum atomic E-state index is -4.38. The van der Waals surface area contributed by atoms with Gasteiger partial charge in [0, 0.05) is 24.9 Å². The molecule has 0 spiro atoms. The summed E-state index contributed by atoms with van der Waals surface area (Å²) in [5, 5.41) is 4.71. The van der Waals surface area contributed by atoms with Crippen LogP contribution in [0.2, 0.25) is 5.02 Å². The largest absolute Gasteiger partial charge is 0.382 e. The van der Waals surface area contributed by atoms with E-state index in [2.05, 4.69) is 15.6 Å². The summed E-state index contributed by atoms with van der Waals surface area (Å²) >= 11 is 6.52. The number of hydrogen-bond acceptors (Lipinski definition) is 6. The molecule has 3 rings (SSSR count). The minimum Gasteiger partial charge on any atom is -0.382 e. The Morgan fingerprint density at radius 3 is 2.62 bits per heavy atom. The van der Waals surface area contributed by atoms with Gasteiger partial charge in [-0.25, -0.2) is 26.6 Å². The average Bonchev–Trinajstić information content (AvgIpc) is 3.02. The summed E-state index contributed by atoms with van der Waals surface area (Å²) in [6.45, 7) is 0.185. The van der Waals surface area contributed by atoms with Crippen LogP contribution in [-0.2, 0) is 10.0 Å². The van der Waals surface area contributed by atoms with Crippen LogP contribution in [0.1, 0.15) is 12.8 Å². The molecule has 13 heteroatoms. The van der Waals surface area contributed by atoms with Gasteiger partial charge in [0.25, 0.3) is 15.9 Å². The number of nitrogens with one attached hydrogen (secondary N) is 3. The Balaban J connectivity index is 1.70. The van der Waals surface area contributed by atoms with Crippen molar-refractivity contribution < 1.29 is 26.0 Å². The van der Waals surface area contributed by atoms with Crippen LogP contribution in [0.15, 0.2) is 23.2 Å². The van der Waals surface area contributed by atoms with Gasteiger partial charge in [-0.2, -0.15) is 4.39 Å². The molecule has 1 aliphatic carbocycles. The monoisotopic (exact) mass is 472 g/mol. The van der Waals surface area contributed by atoms with E-state index < -0.39 is 37.7 Å². The number of benzene rings is 1. The van der Waals surface area contributed by atoms with Gasteiger partial charge in [-0.3, -0.25) is 4.72 Å². The van der Waals surface area contributed by atoms with Crippen molar-refractivity contribution in [3.8, 4) is 0 Å². The predicted octanol–water partition coefficient (Wildman–Crippen LogP) is 3.92. The van der Waals surface area contributed by atoms with Crippen LogP contribution >= 0.6 is 22.9 Å². The lowest BCUT2D eigenvalue weighted by molar-refractivity contribution is 0.0949. The smallest absolute Gasteiger partial charge is 0.266 e. The van der Waals surface area contributed by atoms with Crippen LogP contribution in [0.5, 0.6) is 0 Å². The molecular weight excluding hydrogens is 456 g/mol. The molecule has 1 fully saturated rings. The zero-order chi connectivity index (χ0) is 21.4. The van der Waals surface area contributed by atoms with Gasteiger partial charge in [0.15, 0.2) is 10.3 Å². The molecule has 2 aromatic rings. The van der Waals surface area contributed by atoms with Crippen molar-refractivity contribution in [2.45, 2.75) is 29.7 Å². The van der Waals surface area contributed by atoms with Gasteiger partial charge in [0.05, 0.1) is 16.9 Å². The topological polar surface area (TPSA) is 83.1 Å². The second-order valence-electron chi connectivity index (χ2n) is 6.60. The molecule has 2 atom stereocenters. The lowest BCUT2D eigenvalue weighted by Crippen LogP contribution is -2.33. The van der Waals surface area contributed by atoms with Crippen LogP contribution in [0, 0.1) is 16.9 Å². The first-order chi connectivity index (χ1) is 13.5. The van der Waals surface area contributed by atoms with E-state index in [9.17, 15) is 26.0 Å². The van der Waals surface area contributed by atoms with Crippen LogP contribution in [0.3, 0.4) is 0 Å². The number of rotatable bonds is 9. The van der Waals surface area contributed by atoms with Gasteiger partial charge in [-0.15, -0.1) is 0 Å². The van der Waals surface area contributed by atoms with E-state index in [0.29, 0.717) is 11.3 Å². The number of halogens is 5. The van der Waals surface area contributed by atoms with Crippen LogP contribution in [0.25, 0.3) is 0 Å². The maximum Gasteiger partial charge on any atom is 0.266 e. The van der Waals surface area contributed by atoms with Gasteiger partial charge in [0.1, 0.15) is 10.7 Å². The SMILES string of the molecule is CNC(CNc1cc(F)c(S(=O)(=O)Nc2ncc(F)s2)cc1Cl)CC1CC1(F)F. The highest BCUT2D eigenvalue weighted by Gasteiger charge is 2.56. The maximum absolute atomic E-state index is 14.4. The lowest BCUT2D eigenvalue weighted by atomic mass is 10.1. The molecule has 0 amide bonds. The van der Waals surface area contributed by atoms with Crippen molar-refractivity contribution in [3.05, 3.63) is 34.3 Å². The second kappa shape index (κ2) is 8.25. The number of likely N-dealkylation sites (N-methyl/N-ethyl adjacent to an activating group) is 1. The molecule has 0 bridgehead atoms. The molecule has 1 saturated carbocycles. The van der Waals surface area contributed by atoms with Crippen LogP contribution in [-0.4, -0.2) is 39.0 Å². The van der Waals surface area contributed by atoms with Crippen molar-refractivity contribution in [1.29, 1.82) is 0 Å². The molecule has 1 aromatic carbocycles. The summed E-state index contributed by atoms with van der Waals surface area (Å²) < 4.78 is 80.2. The van der Waals surface area contributed by atoms with Crippen molar-refractivity contribution in [1.82, 2.24) is 10.3 Å². The average molecular weight is 473 g/mol. The highest BCUT2D eigenvalue weighted by Crippen LogP contribution is 2.51. The minimum absolute atomic E-state index is 0.0799. The zero-order valence-electron chi connectivity index (χ0n) is 15.0. The summed E-state index contributed by atoms with van der Waals surface area (Å²) in [5.41, 5.74) is 0.117. The van der Waals surface area contributed by atoms with E-state index in [0.717, 1.165) is 18.3 Å². The first kappa shape index (κ1) is 22.1. The first-order valence-corrected chi connectivity index (χ1v) is 11.1. The van der Waals surface area contributed by atoms with Crippen LogP contribution < -0.4 is 15.4 Å². The number of anilines is 2. The Hall–Kier alpha value is -1.63. The summed E-state index contributed by atoms with van der Waals surface area (Å²) in [7, 11) is -2.76. The van der Waals surface area contributed by atoms with Crippen molar-refractivity contribution >= 4 is 43.8 Å². The molecule has 1 aromatic heterocycles. The lowest BCUT2D eigenvalue weighted by Gasteiger charge is -2.18. The normalized spacial score (nSPS) is 19.0. The molecular formula is C16H17ClF4N4O2S2. The number of thiazole rings is 1. The zero-order valence-corrected chi connectivity index (χ0v) is 17.4. The molecule has 160 valence electrons. The number of aromatic nitrogens is 1. The molecule has 0 aliphatic heterocycles. The summed E-state index contributed by atoms with van der Waals surface area (Å²) in [6.07, 6.45) is 0.912. The Labute approximate surface area is 173 Å². The summed E-state index contributed by atoms with van der Waals surface area (Å²) in [4.78, 5) is 2.79. The van der Waals surface area contributed by atoms with Crippen molar-refractivity contribution in [2.24, 2.45) is 5.92 Å². The molecule has 6 nitrogen and oxygen atoms in total. The molecule has 0 saturated heterocycles. The van der Waals surface area contributed by atoms with Gasteiger partial charge in [-0.1, -0.05) is 22.9 Å². The van der Waals surface area contributed by atoms with E-state index in [1.165, 1.54) is 0 Å². The number of hydrogen-bond donors (Lipinski definition) is 3. The number of nitrogens with zero attached hydrogens (tertiary/aromatic N) is 1. The van der Waals surface area contributed by atoms with Gasteiger partial charge in [0.2, 0.25) is 0 Å². The molecule has 1 heterocycles. The fourth-order valence-corrected chi connectivity index (χ4v) is 4.91. The highest BCUT2D eigenvalue weighted by molar-refractivity contribution is 7.93. The quantitative estimate of drug-likeness (QED) is 0.482. The van der Waals surface area contributed by atoms with E-state index in [-0.39, 0.29) is 41.3 Å². The van der Waals surface area contributed by atoms with E-state index in [4.69, 9.17) is 11.6 Å². The maximum atomic E-state index is 14.4. The van der Waals surface area contributed by atoms with Gasteiger partial charge in [-0.05, 0) is 25.6 Å². The van der Waals surface area contributed by atoms with Crippen LogP contribution in [0.4, 0.5) is 28.4 Å². The highest BCUT2D eigenvalue weighted by atomic mass is 35.5. The Kier molecular flexibility index (Phi) is 6.27.